The standard InChI is InChI=1S/C16H21NO3/c1-3-4-12-5-7-13(8-6-12)14(18)17-10-9-16(2,11-17)15(19)20/h5-8H,3-4,9-11H2,1-2H3,(H,19,20). The summed E-state index contributed by atoms with van der Waals surface area (Å²) in [5.74, 6) is -0.899. The number of carbonyl (C=O) groups excluding carboxylic acids is 1. The van der Waals surface area contributed by atoms with Gasteiger partial charge in [-0.1, -0.05) is 25.5 Å². The van der Waals surface area contributed by atoms with Gasteiger partial charge in [-0.3, -0.25) is 9.59 Å². The first-order chi connectivity index (χ1) is 9.46. The monoisotopic (exact) mass is 275 g/mol. The number of hydrogen-bond donors (Lipinski definition) is 1. The van der Waals surface area contributed by atoms with Gasteiger partial charge in [-0.2, -0.15) is 0 Å². The third-order valence-corrected chi connectivity index (χ3v) is 4.02. The van der Waals surface area contributed by atoms with Crippen LogP contribution in [0.1, 0.15) is 42.6 Å². The Balaban J connectivity index is 2.07. The maximum atomic E-state index is 12.4. The third kappa shape index (κ3) is 2.84. The number of carboxylic acids is 1. The van der Waals surface area contributed by atoms with E-state index in [-0.39, 0.29) is 12.5 Å². The normalized spacial score (nSPS) is 22.0. The summed E-state index contributed by atoms with van der Waals surface area (Å²) in [4.78, 5) is 25.2. The predicted octanol–water partition coefficient (Wildman–Crippen LogP) is 2.58. The Morgan fingerprint density at radius 2 is 1.95 bits per heavy atom. The highest BCUT2D eigenvalue weighted by Crippen LogP contribution is 2.31. The molecule has 1 aromatic rings. The quantitative estimate of drug-likeness (QED) is 0.918. The molecule has 1 aliphatic heterocycles. The van der Waals surface area contributed by atoms with Crippen LogP contribution in [0.15, 0.2) is 24.3 Å². The molecule has 0 aromatic heterocycles. The van der Waals surface area contributed by atoms with Crippen molar-refractivity contribution < 1.29 is 14.7 Å². The van der Waals surface area contributed by atoms with Crippen molar-refractivity contribution in [3.8, 4) is 0 Å². The maximum Gasteiger partial charge on any atom is 0.311 e. The fourth-order valence-electron chi connectivity index (χ4n) is 2.59. The van der Waals surface area contributed by atoms with Crippen LogP contribution in [0.25, 0.3) is 0 Å². The summed E-state index contributed by atoms with van der Waals surface area (Å²) in [6.45, 7) is 4.62. The van der Waals surface area contributed by atoms with Crippen LogP contribution in [0.3, 0.4) is 0 Å². The molecule has 0 spiro atoms. The number of rotatable bonds is 4. The van der Waals surface area contributed by atoms with E-state index < -0.39 is 11.4 Å². The molecule has 1 unspecified atom stereocenters. The Labute approximate surface area is 119 Å². The minimum atomic E-state index is -0.828. The summed E-state index contributed by atoms with van der Waals surface area (Å²) in [5, 5.41) is 9.20. The van der Waals surface area contributed by atoms with E-state index in [1.165, 1.54) is 5.56 Å². The van der Waals surface area contributed by atoms with Crippen LogP contribution >= 0.6 is 0 Å². The number of likely N-dealkylation sites (tertiary alicyclic amines) is 1. The van der Waals surface area contributed by atoms with Crippen molar-refractivity contribution in [2.45, 2.75) is 33.1 Å². The molecule has 20 heavy (non-hydrogen) atoms. The van der Waals surface area contributed by atoms with Crippen LogP contribution in [-0.2, 0) is 11.2 Å². The molecule has 1 amide bonds. The van der Waals surface area contributed by atoms with E-state index in [0.29, 0.717) is 18.5 Å². The first-order valence-corrected chi connectivity index (χ1v) is 7.08. The predicted molar refractivity (Wildman–Crippen MR) is 76.7 cm³/mol. The van der Waals surface area contributed by atoms with Crippen molar-refractivity contribution in [3.05, 3.63) is 35.4 Å². The second-order valence-corrected chi connectivity index (χ2v) is 5.79. The summed E-state index contributed by atoms with van der Waals surface area (Å²) in [7, 11) is 0. The number of carbonyl (C=O) groups is 2. The summed E-state index contributed by atoms with van der Waals surface area (Å²) in [6, 6.07) is 7.62. The highest BCUT2D eigenvalue weighted by atomic mass is 16.4. The Morgan fingerprint density at radius 3 is 2.45 bits per heavy atom. The number of aliphatic carboxylic acids is 1. The second kappa shape index (κ2) is 5.65. The summed E-state index contributed by atoms with van der Waals surface area (Å²) < 4.78 is 0. The molecule has 1 heterocycles. The number of hydrogen-bond acceptors (Lipinski definition) is 2. The molecule has 4 heteroatoms. The number of benzene rings is 1. The number of aryl methyl sites for hydroxylation is 1. The zero-order valence-corrected chi connectivity index (χ0v) is 12.1. The van der Waals surface area contributed by atoms with Crippen molar-refractivity contribution >= 4 is 11.9 Å². The van der Waals surface area contributed by atoms with Gasteiger partial charge in [0.25, 0.3) is 5.91 Å². The number of carboxylic acid groups (broad SMARTS) is 1. The van der Waals surface area contributed by atoms with Crippen molar-refractivity contribution in [1.29, 1.82) is 0 Å². The van der Waals surface area contributed by atoms with Crippen molar-refractivity contribution in [2.75, 3.05) is 13.1 Å². The van der Waals surface area contributed by atoms with Gasteiger partial charge >= 0.3 is 5.97 Å². The fraction of sp³-hybridized carbons (Fsp3) is 0.500. The van der Waals surface area contributed by atoms with Gasteiger partial charge in [0.1, 0.15) is 0 Å². The number of nitrogens with zero attached hydrogens (tertiary/aromatic N) is 1. The van der Waals surface area contributed by atoms with Crippen LogP contribution in [0.5, 0.6) is 0 Å². The van der Waals surface area contributed by atoms with Gasteiger partial charge in [-0.15, -0.1) is 0 Å². The van der Waals surface area contributed by atoms with E-state index in [1.807, 2.05) is 24.3 Å². The molecule has 0 aliphatic carbocycles. The first kappa shape index (κ1) is 14.6. The van der Waals surface area contributed by atoms with Gasteiger partial charge < -0.3 is 10.0 Å². The summed E-state index contributed by atoms with van der Waals surface area (Å²) >= 11 is 0. The smallest absolute Gasteiger partial charge is 0.311 e. The van der Waals surface area contributed by atoms with Gasteiger partial charge in [0.15, 0.2) is 0 Å². The molecule has 1 saturated heterocycles. The molecule has 1 aliphatic rings. The lowest BCUT2D eigenvalue weighted by atomic mass is 9.90. The van der Waals surface area contributed by atoms with Crippen molar-refractivity contribution in [1.82, 2.24) is 4.90 Å². The molecule has 1 atom stereocenters. The molecule has 1 aromatic carbocycles. The van der Waals surface area contributed by atoms with Crippen LogP contribution < -0.4 is 0 Å². The molecule has 1 fully saturated rings. The van der Waals surface area contributed by atoms with Gasteiger partial charge in [-0.05, 0) is 37.5 Å². The van der Waals surface area contributed by atoms with Crippen LogP contribution in [-0.4, -0.2) is 35.0 Å². The van der Waals surface area contributed by atoms with Crippen LogP contribution in [0, 0.1) is 5.41 Å². The number of amides is 1. The summed E-state index contributed by atoms with van der Waals surface area (Å²) in [6.07, 6.45) is 2.60. The Hall–Kier alpha value is -1.84. The summed E-state index contributed by atoms with van der Waals surface area (Å²) in [5.41, 5.74) is 1.05. The molecule has 0 saturated carbocycles. The molecular formula is C16H21NO3. The Bertz CT molecular complexity index is 509. The SMILES string of the molecule is CCCc1ccc(C(=O)N2CCC(C)(C(=O)O)C2)cc1. The van der Waals surface area contributed by atoms with E-state index >= 15 is 0 Å². The van der Waals surface area contributed by atoms with Crippen LogP contribution in [0.2, 0.25) is 0 Å². The molecule has 108 valence electrons. The van der Waals surface area contributed by atoms with Gasteiger partial charge in [-0.25, -0.2) is 0 Å². The molecule has 1 N–H and O–H groups in total. The molecule has 4 nitrogen and oxygen atoms in total. The average Bonchev–Trinajstić information content (AvgIpc) is 2.83. The molecule has 2 rings (SSSR count). The molecule has 0 radical (unpaired) electrons. The zero-order chi connectivity index (χ0) is 14.8. The first-order valence-electron chi connectivity index (χ1n) is 7.08. The van der Waals surface area contributed by atoms with Gasteiger partial charge in [0.2, 0.25) is 0 Å². The fourth-order valence-corrected chi connectivity index (χ4v) is 2.59. The average molecular weight is 275 g/mol. The van der Waals surface area contributed by atoms with E-state index in [1.54, 1.807) is 11.8 Å². The minimum absolute atomic E-state index is 0.0713. The van der Waals surface area contributed by atoms with Gasteiger partial charge in [0.05, 0.1) is 5.41 Å². The highest BCUT2D eigenvalue weighted by molar-refractivity contribution is 5.95. The second-order valence-electron chi connectivity index (χ2n) is 5.79. The highest BCUT2D eigenvalue weighted by Gasteiger charge is 2.42. The Kier molecular flexibility index (Phi) is 4.12. The zero-order valence-electron chi connectivity index (χ0n) is 12.1. The maximum absolute atomic E-state index is 12.4. The Morgan fingerprint density at radius 1 is 1.30 bits per heavy atom. The van der Waals surface area contributed by atoms with Crippen molar-refractivity contribution in [2.24, 2.45) is 5.41 Å². The van der Waals surface area contributed by atoms with Crippen molar-refractivity contribution in [3.63, 3.8) is 0 Å². The van der Waals surface area contributed by atoms with Crippen LogP contribution in [0.4, 0.5) is 0 Å². The lowest BCUT2D eigenvalue weighted by Crippen LogP contribution is -2.34. The van der Waals surface area contributed by atoms with E-state index in [9.17, 15) is 14.7 Å². The van der Waals surface area contributed by atoms with Gasteiger partial charge in [0, 0.05) is 18.7 Å². The molecular weight excluding hydrogens is 254 g/mol. The van der Waals surface area contributed by atoms with E-state index in [0.717, 1.165) is 12.8 Å². The van der Waals surface area contributed by atoms with E-state index in [2.05, 4.69) is 6.92 Å². The van der Waals surface area contributed by atoms with E-state index in [4.69, 9.17) is 0 Å². The lowest BCUT2D eigenvalue weighted by Gasteiger charge is -2.20. The minimum Gasteiger partial charge on any atom is -0.481 e. The largest absolute Gasteiger partial charge is 0.481 e. The molecule has 0 bridgehead atoms. The third-order valence-electron chi connectivity index (χ3n) is 4.02. The lowest BCUT2D eigenvalue weighted by molar-refractivity contribution is -0.147. The topological polar surface area (TPSA) is 57.6 Å².